The summed E-state index contributed by atoms with van der Waals surface area (Å²) in [5.41, 5.74) is 2.89. The van der Waals surface area contributed by atoms with E-state index in [0.29, 0.717) is 5.88 Å². The molecule has 0 spiro atoms. The Morgan fingerprint density at radius 2 is 1.89 bits per heavy atom. The van der Waals surface area contributed by atoms with Crippen LogP contribution in [0.25, 0.3) is 0 Å². The highest BCUT2D eigenvalue weighted by Gasteiger charge is 2.11. The molecule has 2 nitrogen and oxygen atoms in total. The van der Waals surface area contributed by atoms with E-state index in [-0.39, 0.29) is 0 Å². The summed E-state index contributed by atoms with van der Waals surface area (Å²) in [5, 5.41) is 0. The van der Waals surface area contributed by atoms with E-state index in [2.05, 4.69) is 33.0 Å². The average molecular weight is 304 g/mol. The fourth-order valence-electron chi connectivity index (χ4n) is 2.33. The molecule has 0 aliphatic heterocycles. The van der Waals surface area contributed by atoms with Gasteiger partial charge < -0.3 is 4.74 Å². The van der Waals surface area contributed by atoms with Gasteiger partial charge in [0.15, 0.2) is 0 Å². The Kier molecular flexibility index (Phi) is 3.33. The minimum absolute atomic E-state index is 0.619. The van der Waals surface area contributed by atoms with Crippen LogP contribution in [0.1, 0.15) is 24.0 Å². The fourth-order valence-corrected chi connectivity index (χ4v) is 2.67. The Labute approximate surface area is 115 Å². The summed E-state index contributed by atoms with van der Waals surface area (Å²) in [6.07, 6.45) is 6.68. The number of fused-ring (bicyclic) bond motifs is 1. The van der Waals surface area contributed by atoms with E-state index in [1.807, 2.05) is 18.2 Å². The molecule has 18 heavy (non-hydrogen) atoms. The number of pyridine rings is 1. The van der Waals surface area contributed by atoms with Crippen LogP contribution in [0.2, 0.25) is 0 Å². The Hall–Kier alpha value is -1.35. The average Bonchev–Trinajstić information content (AvgIpc) is 2.41. The minimum atomic E-state index is 0.619. The molecule has 1 aliphatic rings. The van der Waals surface area contributed by atoms with Gasteiger partial charge in [-0.05, 0) is 77.0 Å². The van der Waals surface area contributed by atoms with E-state index in [9.17, 15) is 0 Å². The van der Waals surface area contributed by atoms with Crippen molar-refractivity contribution in [1.82, 2.24) is 4.98 Å². The Bertz CT molecular complexity index is 568. The predicted molar refractivity (Wildman–Crippen MR) is 75.1 cm³/mol. The van der Waals surface area contributed by atoms with Crippen LogP contribution >= 0.6 is 15.9 Å². The third-order valence-corrected chi connectivity index (χ3v) is 3.86. The first-order valence-corrected chi connectivity index (χ1v) is 7.02. The second kappa shape index (κ2) is 5.11. The molecule has 1 aromatic heterocycles. The number of hydrogen-bond donors (Lipinski definition) is 0. The molecule has 0 saturated carbocycles. The molecule has 0 amide bonds. The molecule has 0 saturated heterocycles. The van der Waals surface area contributed by atoms with Crippen molar-refractivity contribution in [2.75, 3.05) is 0 Å². The zero-order valence-corrected chi connectivity index (χ0v) is 11.6. The topological polar surface area (TPSA) is 22.1 Å². The number of benzene rings is 1. The van der Waals surface area contributed by atoms with Crippen LogP contribution in [0, 0.1) is 0 Å². The van der Waals surface area contributed by atoms with E-state index in [1.54, 1.807) is 6.20 Å². The summed E-state index contributed by atoms with van der Waals surface area (Å²) in [4.78, 5) is 4.22. The highest BCUT2D eigenvalue weighted by molar-refractivity contribution is 9.10. The standard InChI is InChI=1S/C15H14BrNO/c16-14-6-3-9-17-15(14)18-13-8-7-11-4-1-2-5-12(11)10-13/h3,6-10H,1-2,4-5H2. The number of nitrogens with zero attached hydrogens (tertiary/aromatic N) is 1. The van der Waals surface area contributed by atoms with Crippen molar-refractivity contribution in [2.45, 2.75) is 25.7 Å². The second-order valence-electron chi connectivity index (χ2n) is 4.53. The predicted octanol–water partition coefficient (Wildman–Crippen LogP) is 4.52. The largest absolute Gasteiger partial charge is 0.438 e. The quantitative estimate of drug-likeness (QED) is 0.814. The summed E-state index contributed by atoms with van der Waals surface area (Å²) >= 11 is 3.44. The molecule has 92 valence electrons. The molecule has 0 bridgehead atoms. The Morgan fingerprint density at radius 3 is 2.72 bits per heavy atom. The lowest BCUT2D eigenvalue weighted by atomic mass is 9.92. The maximum atomic E-state index is 5.82. The van der Waals surface area contributed by atoms with Crippen LogP contribution in [-0.2, 0) is 12.8 Å². The van der Waals surface area contributed by atoms with Crippen molar-refractivity contribution in [3.05, 3.63) is 52.1 Å². The third kappa shape index (κ3) is 2.41. The van der Waals surface area contributed by atoms with E-state index < -0.39 is 0 Å². The van der Waals surface area contributed by atoms with Crippen LogP contribution in [0.15, 0.2) is 41.0 Å². The lowest BCUT2D eigenvalue weighted by Crippen LogP contribution is -2.02. The number of rotatable bonds is 2. The molecule has 0 radical (unpaired) electrons. The lowest BCUT2D eigenvalue weighted by Gasteiger charge is -2.16. The molecule has 1 aliphatic carbocycles. The number of aryl methyl sites for hydroxylation is 2. The van der Waals surface area contributed by atoms with Crippen molar-refractivity contribution >= 4 is 15.9 Å². The smallest absolute Gasteiger partial charge is 0.233 e. The molecular formula is C15H14BrNO. The zero-order valence-electron chi connectivity index (χ0n) is 10.0. The van der Waals surface area contributed by atoms with Gasteiger partial charge >= 0.3 is 0 Å². The second-order valence-corrected chi connectivity index (χ2v) is 5.38. The third-order valence-electron chi connectivity index (χ3n) is 3.26. The van der Waals surface area contributed by atoms with Crippen molar-refractivity contribution in [2.24, 2.45) is 0 Å². The molecule has 1 heterocycles. The Morgan fingerprint density at radius 1 is 1.06 bits per heavy atom. The molecule has 0 atom stereocenters. The van der Waals surface area contributed by atoms with E-state index >= 15 is 0 Å². The number of halogens is 1. The van der Waals surface area contributed by atoms with Crippen LogP contribution in [0.4, 0.5) is 0 Å². The van der Waals surface area contributed by atoms with Crippen molar-refractivity contribution < 1.29 is 4.74 Å². The highest BCUT2D eigenvalue weighted by atomic mass is 79.9. The van der Waals surface area contributed by atoms with E-state index in [0.717, 1.165) is 16.6 Å². The van der Waals surface area contributed by atoms with Gasteiger partial charge in [-0.2, -0.15) is 0 Å². The van der Waals surface area contributed by atoms with Crippen LogP contribution in [0.5, 0.6) is 11.6 Å². The SMILES string of the molecule is Brc1cccnc1Oc1ccc2c(c1)CCCC2. The molecule has 3 heteroatoms. The van der Waals surface area contributed by atoms with E-state index in [4.69, 9.17) is 4.74 Å². The summed E-state index contributed by atoms with van der Waals surface area (Å²) in [7, 11) is 0. The van der Waals surface area contributed by atoms with Gasteiger partial charge in [-0.3, -0.25) is 0 Å². The molecule has 0 fully saturated rings. The minimum Gasteiger partial charge on any atom is -0.438 e. The number of ether oxygens (including phenoxy) is 1. The van der Waals surface area contributed by atoms with Gasteiger partial charge in [-0.15, -0.1) is 0 Å². The maximum absolute atomic E-state index is 5.82. The molecule has 0 unspecified atom stereocenters. The summed E-state index contributed by atoms with van der Waals surface area (Å²) in [5.74, 6) is 1.49. The van der Waals surface area contributed by atoms with Gasteiger partial charge in [-0.1, -0.05) is 6.07 Å². The zero-order chi connectivity index (χ0) is 12.4. The van der Waals surface area contributed by atoms with Gasteiger partial charge in [0.2, 0.25) is 5.88 Å². The number of hydrogen-bond acceptors (Lipinski definition) is 2. The summed E-state index contributed by atoms with van der Waals surface area (Å²) in [6, 6.07) is 10.2. The van der Waals surface area contributed by atoms with Gasteiger partial charge in [0.1, 0.15) is 5.75 Å². The highest BCUT2D eigenvalue weighted by Crippen LogP contribution is 2.30. The normalized spacial score (nSPS) is 14.1. The molecule has 3 rings (SSSR count). The van der Waals surface area contributed by atoms with Gasteiger partial charge in [0.05, 0.1) is 4.47 Å². The van der Waals surface area contributed by atoms with Crippen LogP contribution < -0.4 is 4.74 Å². The van der Waals surface area contributed by atoms with Crippen molar-refractivity contribution in [1.29, 1.82) is 0 Å². The van der Waals surface area contributed by atoms with Crippen LogP contribution in [-0.4, -0.2) is 4.98 Å². The van der Waals surface area contributed by atoms with Gasteiger partial charge in [-0.25, -0.2) is 4.98 Å². The maximum Gasteiger partial charge on any atom is 0.233 e. The first-order valence-electron chi connectivity index (χ1n) is 6.23. The van der Waals surface area contributed by atoms with Gasteiger partial charge in [0, 0.05) is 6.20 Å². The first-order chi connectivity index (χ1) is 8.83. The number of aromatic nitrogens is 1. The molecular weight excluding hydrogens is 290 g/mol. The fraction of sp³-hybridized carbons (Fsp3) is 0.267. The molecule has 1 aromatic carbocycles. The Balaban J connectivity index is 1.87. The molecule has 0 N–H and O–H groups in total. The molecule has 2 aromatic rings. The summed E-state index contributed by atoms with van der Waals surface area (Å²) < 4.78 is 6.69. The van der Waals surface area contributed by atoms with Crippen LogP contribution in [0.3, 0.4) is 0 Å². The monoisotopic (exact) mass is 303 g/mol. The first kappa shape index (κ1) is 11.7. The van der Waals surface area contributed by atoms with Gasteiger partial charge in [0.25, 0.3) is 0 Å². The van der Waals surface area contributed by atoms with Crippen molar-refractivity contribution in [3.8, 4) is 11.6 Å². The van der Waals surface area contributed by atoms with E-state index in [1.165, 1.54) is 30.4 Å². The lowest BCUT2D eigenvalue weighted by molar-refractivity contribution is 0.458. The van der Waals surface area contributed by atoms with Crippen molar-refractivity contribution in [3.63, 3.8) is 0 Å². The summed E-state index contributed by atoms with van der Waals surface area (Å²) in [6.45, 7) is 0.